The maximum Gasteiger partial charge on any atom is 0.306 e. The Hall–Kier alpha value is -2.77. The molecule has 8 nitrogen and oxygen atoms in total. The van der Waals surface area contributed by atoms with Gasteiger partial charge in [0.25, 0.3) is 0 Å². The number of anilines is 1. The summed E-state index contributed by atoms with van der Waals surface area (Å²) in [5.41, 5.74) is 1.40. The Kier molecular flexibility index (Phi) is 4.54. The third-order valence-corrected chi connectivity index (χ3v) is 4.38. The van der Waals surface area contributed by atoms with Crippen LogP contribution in [0.3, 0.4) is 0 Å². The second-order valence-corrected chi connectivity index (χ2v) is 6.08. The predicted octanol–water partition coefficient (Wildman–Crippen LogP) is 1.80. The maximum atomic E-state index is 12.4. The summed E-state index contributed by atoms with van der Waals surface area (Å²) in [7, 11) is 0. The zero-order chi connectivity index (χ0) is 17.1. The van der Waals surface area contributed by atoms with Gasteiger partial charge in [0.15, 0.2) is 5.82 Å². The van der Waals surface area contributed by atoms with Crippen LogP contribution in [0.2, 0.25) is 0 Å². The molecule has 1 aromatic carbocycles. The number of benzene rings is 1. The van der Waals surface area contributed by atoms with E-state index in [4.69, 9.17) is 5.11 Å². The molecule has 1 amide bonds. The van der Waals surface area contributed by atoms with Gasteiger partial charge in [0, 0.05) is 11.6 Å². The van der Waals surface area contributed by atoms with E-state index in [1.807, 2.05) is 12.1 Å². The maximum absolute atomic E-state index is 12.4. The number of carbonyl (C=O) groups is 2. The van der Waals surface area contributed by atoms with Crippen molar-refractivity contribution in [3.8, 4) is 5.69 Å². The molecule has 0 spiro atoms. The van der Waals surface area contributed by atoms with Gasteiger partial charge in [-0.15, -0.1) is 5.10 Å². The molecule has 126 valence electrons. The first kappa shape index (κ1) is 16.1. The summed E-state index contributed by atoms with van der Waals surface area (Å²) in [5, 5.41) is 23.4. The molecule has 1 heterocycles. The number of aromatic nitrogens is 4. The van der Waals surface area contributed by atoms with Gasteiger partial charge in [0.1, 0.15) is 0 Å². The number of carbonyl (C=O) groups excluding carboxylic acids is 1. The second-order valence-electron chi connectivity index (χ2n) is 6.08. The van der Waals surface area contributed by atoms with Crippen molar-refractivity contribution in [2.75, 3.05) is 5.32 Å². The number of hydrogen-bond donors (Lipinski definition) is 2. The first-order valence-corrected chi connectivity index (χ1v) is 7.93. The van der Waals surface area contributed by atoms with E-state index < -0.39 is 11.9 Å². The number of hydrogen-bond acceptors (Lipinski definition) is 5. The molecule has 2 unspecified atom stereocenters. The molecule has 0 saturated heterocycles. The van der Waals surface area contributed by atoms with Crippen LogP contribution in [0.4, 0.5) is 5.69 Å². The molecular weight excluding hydrogens is 310 g/mol. The van der Waals surface area contributed by atoms with Crippen LogP contribution in [0.5, 0.6) is 0 Å². The van der Waals surface area contributed by atoms with Gasteiger partial charge in [-0.05, 0) is 54.8 Å². The number of nitrogens with one attached hydrogen (secondary N) is 1. The highest BCUT2D eigenvalue weighted by Crippen LogP contribution is 2.30. The third kappa shape index (κ3) is 3.42. The van der Waals surface area contributed by atoms with Crippen molar-refractivity contribution in [1.29, 1.82) is 0 Å². The molecule has 2 atom stereocenters. The molecule has 1 aliphatic rings. The number of nitrogens with zero attached hydrogens (tertiary/aromatic N) is 4. The standard InChI is InChI=1S/C16H19N5O3/c1-10-18-19-20-21(10)14-7-3-6-13(9-14)17-15(22)11-4-2-5-12(8-11)16(23)24/h3,6-7,9,11-12H,2,4-5,8H2,1H3,(H,17,22)(H,23,24). The van der Waals surface area contributed by atoms with E-state index in [2.05, 4.69) is 20.8 Å². The fourth-order valence-corrected chi connectivity index (χ4v) is 3.08. The summed E-state index contributed by atoms with van der Waals surface area (Å²) >= 11 is 0. The van der Waals surface area contributed by atoms with Crippen molar-refractivity contribution in [2.24, 2.45) is 11.8 Å². The largest absolute Gasteiger partial charge is 0.481 e. The molecule has 8 heteroatoms. The molecular formula is C16H19N5O3. The number of tetrazole rings is 1. The van der Waals surface area contributed by atoms with Crippen molar-refractivity contribution in [1.82, 2.24) is 20.2 Å². The Morgan fingerprint density at radius 3 is 2.79 bits per heavy atom. The van der Waals surface area contributed by atoms with Gasteiger partial charge >= 0.3 is 5.97 Å². The lowest BCUT2D eigenvalue weighted by molar-refractivity contribution is -0.143. The van der Waals surface area contributed by atoms with E-state index in [9.17, 15) is 9.59 Å². The van der Waals surface area contributed by atoms with Gasteiger partial charge in [0.2, 0.25) is 5.91 Å². The summed E-state index contributed by atoms with van der Waals surface area (Å²) < 4.78 is 1.58. The Morgan fingerprint density at radius 1 is 1.29 bits per heavy atom. The van der Waals surface area contributed by atoms with E-state index in [1.165, 1.54) is 0 Å². The van der Waals surface area contributed by atoms with Crippen LogP contribution in [0.15, 0.2) is 24.3 Å². The quantitative estimate of drug-likeness (QED) is 0.885. The minimum Gasteiger partial charge on any atom is -0.481 e. The van der Waals surface area contributed by atoms with Crippen molar-refractivity contribution >= 4 is 17.6 Å². The van der Waals surface area contributed by atoms with Crippen LogP contribution in [0, 0.1) is 18.8 Å². The molecule has 2 N–H and O–H groups in total. The summed E-state index contributed by atoms with van der Waals surface area (Å²) in [6, 6.07) is 7.24. The van der Waals surface area contributed by atoms with E-state index in [1.54, 1.807) is 23.7 Å². The molecule has 3 rings (SSSR count). The lowest BCUT2D eigenvalue weighted by atomic mass is 9.81. The SMILES string of the molecule is Cc1nnnn1-c1cccc(NC(=O)C2CCCC(C(=O)O)C2)c1. The van der Waals surface area contributed by atoms with Gasteiger partial charge in [-0.25, -0.2) is 0 Å². The van der Waals surface area contributed by atoms with Crippen molar-refractivity contribution in [2.45, 2.75) is 32.6 Å². The fourth-order valence-electron chi connectivity index (χ4n) is 3.08. The van der Waals surface area contributed by atoms with Gasteiger partial charge in [-0.2, -0.15) is 4.68 Å². The van der Waals surface area contributed by atoms with Crippen LogP contribution in [-0.4, -0.2) is 37.2 Å². The molecule has 1 fully saturated rings. The van der Waals surface area contributed by atoms with E-state index >= 15 is 0 Å². The number of carboxylic acids is 1. The van der Waals surface area contributed by atoms with Crippen LogP contribution in [0.25, 0.3) is 5.69 Å². The highest BCUT2D eigenvalue weighted by atomic mass is 16.4. The third-order valence-electron chi connectivity index (χ3n) is 4.38. The Balaban J connectivity index is 1.71. The number of rotatable bonds is 4. The normalized spacial score (nSPS) is 20.5. The van der Waals surface area contributed by atoms with Gasteiger partial charge in [-0.3, -0.25) is 9.59 Å². The zero-order valence-electron chi connectivity index (χ0n) is 13.3. The molecule has 1 aromatic heterocycles. The summed E-state index contributed by atoms with van der Waals surface area (Å²) in [5.74, 6) is -0.992. The molecule has 0 aliphatic heterocycles. The first-order chi connectivity index (χ1) is 11.5. The number of carboxylic acid groups (broad SMARTS) is 1. The van der Waals surface area contributed by atoms with Gasteiger partial charge in [-0.1, -0.05) is 12.5 Å². The van der Waals surface area contributed by atoms with Gasteiger partial charge in [0.05, 0.1) is 11.6 Å². The van der Waals surface area contributed by atoms with Crippen molar-refractivity contribution in [3.63, 3.8) is 0 Å². The molecule has 24 heavy (non-hydrogen) atoms. The highest BCUT2D eigenvalue weighted by Gasteiger charge is 2.31. The molecule has 0 radical (unpaired) electrons. The monoisotopic (exact) mass is 329 g/mol. The van der Waals surface area contributed by atoms with Crippen molar-refractivity contribution in [3.05, 3.63) is 30.1 Å². The van der Waals surface area contributed by atoms with E-state index in [0.717, 1.165) is 18.5 Å². The topological polar surface area (TPSA) is 110 Å². The van der Waals surface area contributed by atoms with E-state index in [0.29, 0.717) is 24.4 Å². The predicted molar refractivity (Wildman–Crippen MR) is 85.6 cm³/mol. The van der Waals surface area contributed by atoms with Crippen LogP contribution in [0.1, 0.15) is 31.5 Å². The molecule has 1 saturated carbocycles. The molecule has 2 aromatic rings. The summed E-state index contributed by atoms with van der Waals surface area (Å²) in [4.78, 5) is 23.6. The highest BCUT2D eigenvalue weighted by molar-refractivity contribution is 5.93. The average molecular weight is 329 g/mol. The summed E-state index contributed by atoms with van der Waals surface area (Å²) in [6.07, 6.45) is 2.53. The number of aryl methyl sites for hydroxylation is 1. The van der Waals surface area contributed by atoms with Crippen molar-refractivity contribution < 1.29 is 14.7 Å². The van der Waals surface area contributed by atoms with Crippen LogP contribution < -0.4 is 5.32 Å². The fraction of sp³-hybridized carbons (Fsp3) is 0.438. The van der Waals surface area contributed by atoms with Gasteiger partial charge < -0.3 is 10.4 Å². The Bertz CT molecular complexity index is 758. The number of aliphatic carboxylic acids is 1. The van der Waals surface area contributed by atoms with Crippen LogP contribution >= 0.6 is 0 Å². The van der Waals surface area contributed by atoms with E-state index in [-0.39, 0.29) is 11.8 Å². The number of amides is 1. The molecule has 0 bridgehead atoms. The Morgan fingerprint density at radius 2 is 2.08 bits per heavy atom. The second kappa shape index (κ2) is 6.77. The first-order valence-electron chi connectivity index (χ1n) is 7.93. The van der Waals surface area contributed by atoms with Crippen LogP contribution in [-0.2, 0) is 9.59 Å². The lowest BCUT2D eigenvalue weighted by Crippen LogP contribution is -2.30. The Labute approximate surface area is 138 Å². The average Bonchev–Trinajstić information content (AvgIpc) is 3.01. The minimum absolute atomic E-state index is 0.133. The minimum atomic E-state index is -0.816. The smallest absolute Gasteiger partial charge is 0.306 e. The zero-order valence-corrected chi connectivity index (χ0v) is 13.3. The lowest BCUT2D eigenvalue weighted by Gasteiger charge is -2.25. The summed E-state index contributed by atoms with van der Waals surface area (Å²) in [6.45, 7) is 1.79. The molecule has 1 aliphatic carbocycles.